The van der Waals surface area contributed by atoms with Crippen molar-refractivity contribution in [2.24, 2.45) is 5.84 Å². The molecule has 0 spiro atoms. The Morgan fingerprint density at radius 1 is 1.17 bits per heavy atom. The molecule has 4 N–H and O–H groups in total. The molecule has 0 saturated heterocycles. The molecule has 0 aliphatic carbocycles. The molecule has 0 saturated carbocycles. The van der Waals surface area contributed by atoms with Crippen molar-refractivity contribution in [1.29, 1.82) is 0 Å². The normalized spacial score (nSPS) is 10.2. The topological polar surface area (TPSA) is 75.9 Å². The molecule has 0 fully saturated rings. The number of halogens is 2. The second-order valence-corrected chi connectivity index (χ2v) is 4.28. The number of hydrogen-bond donors (Lipinski definition) is 3. The van der Waals surface area contributed by atoms with E-state index in [1.165, 1.54) is 0 Å². The maximum absolute atomic E-state index is 6.03. The molecule has 18 heavy (non-hydrogen) atoms. The molecule has 94 valence electrons. The van der Waals surface area contributed by atoms with Crippen LogP contribution in [0.5, 0.6) is 0 Å². The van der Waals surface area contributed by atoms with E-state index in [1.807, 2.05) is 18.2 Å². The van der Waals surface area contributed by atoms with Crippen molar-refractivity contribution < 1.29 is 0 Å². The second kappa shape index (κ2) is 5.86. The van der Waals surface area contributed by atoms with Crippen LogP contribution >= 0.6 is 23.2 Å². The van der Waals surface area contributed by atoms with Crippen LogP contribution in [0.25, 0.3) is 0 Å². The summed E-state index contributed by atoms with van der Waals surface area (Å²) in [6.07, 6.45) is 1.72. The third kappa shape index (κ3) is 3.01. The summed E-state index contributed by atoms with van der Waals surface area (Å²) in [7, 11) is 0. The summed E-state index contributed by atoms with van der Waals surface area (Å²) in [6.45, 7) is 0.513. The van der Waals surface area contributed by atoms with Gasteiger partial charge in [-0.15, -0.1) is 0 Å². The first-order valence-corrected chi connectivity index (χ1v) is 5.92. The summed E-state index contributed by atoms with van der Waals surface area (Å²) >= 11 is 11.9. The Kier molecular flexibility index (Phi) is 4.19. The molecule has 0 atom stereocenters. The largest absolute Gasteiger partial charge is 0.363 e. The third-order valence-electron chi connectivity index (χ3n) is 2.23. The molecular formula is C11H11Cl2N5. The highest BCUT2D eigenvalue weighted by atomic mass is 35.5. The van der Waals surface area contributed by atoms with Crippen molar-refractivity contribution in [3.05, 3.63) is 46.2 Å². The monoisotopic (exact) mass is 283 g/mol. The van der Waals surface area contributed by atoms with Crippen LogP contribution < -0.4 is 16.6 Å². The van der Waals surface area contributed by atoms with Crippen LogP contribution in [0.2, 0.25) is 10.0 Å². The molecular weight excluding hydrogens is 273 g/mol. The van der Waals surface area contributed by atoms with E-state index in [0.717, 1.165) is 5.69 Å². The number of nitrogens with zero attached hydrogens (tertiary/aromatic N) is 2. The van der Waals surface area contributed by atoms with Crippen LogP contribution in [0.3, 0.4) is 0 Å². The molecule has 5 nitrogen and oxygen atoms in total. The summed E-state index contributed by atoms with van der Waals surface area (Å²) < 4.78 is 0. The fraction of sp³-hybridized carbons (Fsp3) is 0.0909. The van der Waals surface area contributed by atoms with E-state index in [2.05, 4.69) is 20.7 Å². The Labute approximate surface area is 114 Å². The van der Waals surface area contributed by atoms with Gasteiger partial charge in [0.05, 0.1) is 22.3 Å². The molecule has 2 rings (SSSR count). The summed E-state index contributed by atoms with van der Waals surface area (Å²) in [5.74, 6) is 6.16. The van der Waals surface area contributed by atoms with E-state index >= 15 is 0 Å². The Balaban J connectivity index is 2.14. The Bertz CT molecular complexity index is 532. The number of nitrogens with two attached hydrogens (primary N) is 1. The minimum Gasteiger partial charge on any atom is -0.363 e. The number of nitrogen functional groups attached to an aromatic ring is 1. The van der Waals surface area contributed by atoms with Crippen LogP contribution in [-0.2, 0) is 6.54 Å². The van der Waals surface area contributed by atoms with Crippen LogP contribution in [0.4, 0.5) is 11.6 Å². The molecule has 0 bridgehead atoms. The summed E-state index contributed by atoms with van der Waals surface area (Å²) in [6, 6.07) is 7.24. The van der Waals surface area contributed by atoms with Gasteiger partial charge < -0.3 is 10.7 Å². The van der Waals surface area contributed by atoms with Crippen molar-refractivity contribution >= 4 is 34.8 Å². The SMILES string of the molecule is NNc1nc(NCc2ccccn2)c(Cl)cc1Cl. The summed E-state index contributed by atoms with van der Waals surface area (Å²) in [4.78, 5) is 8.35. The lowest BCUT2D eigenvalue weighted by Gasteiger charge is -2.10. The zero-order valence-electron chi connectivity index (χ0n) is 9.32. The van der Waals surface area contributed by atoms with E-state index in [1.54, 1.807) is 12.3 Å². The molecule has 2 aromatic heterocycles. The average molecular weight is 284 g/mol. The number of nitrogens with one attached hydrogen (secondary N) is 2. The van der Waals surface area contributed by atoms with E-state index < -0.39 is 0 Å². The first-order chi connectivity index (χ1) is 8.70. The molecule has 2 aromatic rings. The molecule has 0 radical (unpaired) electrons. The van der Waals surface area contributed by atoms with Gasteiger partial charge in [-0.2, -0.15) is 0 Å². The van der Waals surface area contributed by atoms with Gasteiger partial charge in [0.2, 0.25) is 0 Å². The first-order valence-electron chi connectivity index (χ1n) is 5.17. The predicted octanol–water partition coefficient (Wildman–Crippen LogP) is 2.68. The highest BCUT2D eigenvalue weighted by molar-refractivity contribution is 6.37. The molecule has 0 aliphatic rings. The number of hydrogen-bond acceptors (Lipinski definition) is 5. The van der Waals surface area contributed by atoms with Crippen LogP contribution in [0, 0.1) is 0 Å². The van der Waals surface area contributed by atoms with Crippen molar-refractivity contribution in [2.75, 3.05) is 10.7 Å². The average Bonchev–Trinajstić information content (AvgIpc) is 2.39. The Morgan fingerprint density at radius 2 is 1.94 bits per heavy atom. The number of rotatable bonds is 4. The fourth-order valence-corrected chi connectivity index (χ4v) is 1.85. The fourth-order valence-electron chi connectivity index (χ4n) is 1.37. The number of pyridine rings is 2. The zero-order chi connectivity index (χ0) is 13.0. The maximum atomic E-state index is 6.03. The minimum absolute atomic E-state index is 0.365. The lowest BCUT2D eigenvalue weighted by Crippen LogP contribution is -2.11. The molecule has 0 aromatic carbocycles. The third-order valence-corrected chi connectivity index (χ3v) is 2.81. The van der Waals surface area contributed by atoms with E-state index in [-0.39, 0.29) is 0 Å². The van der Waals surface area contributed by atoms with Gasteiger partial charge in [0.25, 0.3) is 0 Å². The maximum Gasteiger partial charge on any atom is 0.161 e. The Morgan fingerprint density at radius 3 is 2.61 bits per heavy atom. The van der Waals surface area contributed by atoms with Gasteiger partial charge in [-0.3, -0.25) is 4.98 Å². The smallest absolute Gasteiger partial charge is 0.161 e. The van der Waals surface area contributed by atoms with Gasteiger partial charge in [0.1, 0.15) is 5.82 Å². The quantitative estimate of drug-likeness (QED) is 0.594. The minimum atomic E-state index is 0.365. The predicted molar refractivity (Wildman–Crippen MR) is 73.6 cm³/mol. The van der Waals surface area contributed by atoms with Crippen LogP contribution in [0.15, 0.2) is 30.5 Å². The lowest BCUT2D eigenvalue weighted by atomic mass is 10.3. The van der Waals surface area contributed by atoms with Crippen molar-refractivity contribution in [3.63, 3.8) is 0 Å². The van der Waals surface area contributed by atoms with Crippen LogP contribution in [-0.4, -0.2) is 9.97 Å². The van der Waals surface area contributed by atoms with Crippen molar-refractivity contribution in [1.82, 2.24) is 9.97 Å². The van der Waals surface area contributed by atoms with Crippen molar-refractivity contribution in [3.8, 4) is 0 Å². The van der Waals surface area contributed by atoms with Crippen molar-refractivity contribution in [2.45, 2.75) is 6.54 Å². The molecule has 0 unspecified atom stereocenters. The number of anilines is 2. The first kappa shape index (κ1) is 12.9. The van der Waals surface area contributed by atoms with E-state index in [9.17, 15) is 0 Å². The van der Waals surface area contributed by atoms with Gasteiger partial charge in [-0.05, 0) is 18.2 Å². The molecule has 2 heterocycles. The van der Waals surface area contributed by atoms with E-state index in [4.69, 9.17) is 29.0 Å². The summed E-state index contributed by atoms with van der Waals surface area (Å²) in [5, 5.41) is 3.86. The highest BCUT2D eigenvalue weighted by Crippen LogP contribution is 2.28. The standard InChI is InChI=1S/C11H11Cl2N5/c12-8-5-9(13)11(18-14)17-10(8)16-6-7-3-1-2-4-15-7/h1-5H,6,14H2,(H2,16,17,18). The van der Waals surface area contributed by atoms with Gasteiger partial charge >= 0.3 is 0 Å². The number of hydrazine groups is 1. The van der Waals surface area contributed by atoms with Gasteiger partial charge in [-0.25, -0.2) is 10.8 Å². The molecule has 0 aliphatic heterocycles. The van der Waals surface area contributed by atoms with Gasteiger partial charge in [-0.1, -0.05) is 29.3 Å². The van der Waals surface area contributed by atoms with Gasteiger partial charge in [0, 0.05) is 6.20 Å². The van der Waals surface area contributed by atoms with Gasteiger partial charge in [0.15, 0.2) is 5.82 Å². The lowest BCUT2D eigenvalue weighted by molar-refractivity contribution is 1.03. The highest BCUT2D eigenvalue weighted by Gasteiger charge is 2.08. The molecule has 7 heteroatoms. The Hall–Kier alpha value is -1.56. The molecule has 0 amide bonds. The van der Waals surface area contributed by atoms with E-state index in [0.29, 0.717) is 28.2 Å². The number of aromatic nitrogens is 2. The van der Waals surface area contributed by atoms with Crippen LogP contribution in [0.1, 0.15) is 5.69 Å². The summed E-state index contributed by atoms with van der Waals surface area (Å²) in [5.41, 5.74) is 3.29. The second-order valence-electron chi connectivity index (χ2n) is 3.47. The zero-order valence-corrected chi connectivity index (χ0v) is 10.8.